The molecule has 0 fully saturated rings. The summed E-state index contributed by atoms with van der Waals surface area (Å²) in [7, 11) is 0. The molecule has 0 N–H and O–H groups in total. The van der Waals surface area contributed by atoms with Crippen LogP contribution in [0.1, 0.15) is 44.2 Å². The van der Waals surface area contributed by atoms with E-state index in [9.17, 15) is 0 Å². The lowest BCUT2D eigenvalue weighted by atomic mass is 9.90. The van der Waals surface area contributed by atoms with E-state index in [4.69, 9.17) is 5.26 Å². The minimum absolute atomic E-state index is 0.168. The van der Waals surface area contributed by atoms with Crippen molar-refractivity contribution in [3.63, 3.8) is 0 Å². The molecular weight excluding hydrogens is 238 g/mol. The topological polar surface area (TPSA) is 23.8 Å². The van der Waals surface area contributed by atoms with Crippen LogP contribution in [-0.2, 0) is 12.8 Å². The summed E-state index contributed by atoms with van der Waals surface area (Å²) in [6, 6.07) is 9.28. The predicted octanol–water partition coefficient (Wildman–Crippen LogP) is 4.60. The summed E-state index contributed by atoms with van der Waals surface area (Å²) in [4.78, 5) is 1.39. The molecule has 0 radical (unpaired) electrons. The third kappa shape index (κ3) is 3.53. The number of aryl methyl sites for hydroxylation is 2. The van der Waals surface area contributed by atoms with E-state index in [0.717, 1.165) is 18.6 Å². The molecule has 0 saturated heterocycles. The summed E-state index contributed by atoms with van der Waals surface area (Å²) in [5, 5.41) is 8.96. The van der Waals surface area contributed by atoms with Crippen molar-refractivity contribution < 1.29 is 0 Å². The van der Waals surface area contributed by atoms with E-state index in [1.807, 2.05) is 25.6 Å². The van der Waals surface area contributed by atoms with Crippen molar-refractivity contribution >= 4 is 11.8 Å². The van der Waals surface area contributed by atoms with E-state index in [1.54, 1.807) is 11.1 Å². The average molecular weight is 259 g/mol. The van der Waals surface area contributed by atoms with Crippen molar-refractivity contribution in [1.29, 1.82) is 5.26 Å². The Labute approximate surface area is 115 Å². The average Bonchev–Trinajstić information content (AvgIpc) is 2.82. The van der Waals surface area contributed by atoms with Crippen LogP contribution in [0.3, 0.4) is 0 Å². The molecule has 1 aromatic carbocycles. The van der Waals surface area contributed by atoms with Crippen LogP contribution < -0.4 is 0 Å². The number of hydrogen-bond acceptors (Lipinski definition) is 2. The second-order valence-electron chi connectivity index (χ2n) is 5.73. The first-order chi connectivity index (χ1) is 8.61. The van der Waals surface area contributed by atoms with Gasteiger partial charge in [0, 0.05) is 4.90 Å². The van der Waals surface area contributed by atoms with Crippen LogP contribution in [0.2, 0.25) is 0 Å². The Bertz CT molecular complexity index is 457. The van der Waals surface area contributed by atoms with Gasteiger partial charge in [-0.15, -0.1) is 11.8 Å². The van der Waals surface area contributed by atoms with Gasteiger partial charge in [-0.3, -0.25) is 0 Å². The van der Waals surface area contributed by atoms with Gasteiger partial charge >= 0.3 is 0 Å². The number of fused-ring (bicyclic) bond motifs is 1. The molecule has 1 aromatic rings. The van der Waals surface area contributed by atoms with E-state index in [-0.39, 0.29) is 5.41 Å². The second-order valence-corrected chi connectivity index (χ2v) is 6.90. The number of benzene rings is 1. The third-order valence-corrected chi connectivity index (χ3v) is 4.67. The largest absolute Gasteiger partial charge is 0.198 e. The maximum atomic E-state index is 8.96. The van der Waals surface area contributed by atoms with Crippen molar-refractivity contribution in [1.82, 2.24) is 0 Å². The predicted molar refractivity (Wildman–Crippen MR) is 77.8 cm³/mol. The van der Waals surface area contributed by atoms with E-state index >= 15 is 0 Å². The Morgan fingerprint density at radius 1 is 1.28 bits per heavy atom. The van der Waals surface area contributed by atoms with E-state index in [2.05, 4.69) is 24.3 Å². The molecule has 96 valence electrons. The molecule has 0 spiro atoms. The highest BCUT2D eigenvalue weighted by Crippen LogP contribution is 2.29. The lowest BCUT2D eigenvalue weighted by molar-refractivity contribution is 0.448. The molecule has 0 bridgehead atoms. The molecule has 0 unspecified atom stereocenters. The molecule has 1 aliphatic carbocycles. The van der Waals surface area contributed by atoms with Crippen LogP contribution in [0.5, 0.6) is 0 Å². The fraction of sp³-hybridized carbons (Fsp3) is 0.562. The first-order valence-electron chi connectivity index (χ1n) is 6.77. The fourth-order valence-electron chi connectivity index (χ4n) is 2.40. The second kappa shape index (κ2) is 5.80. The Morgan fingerprint density at radius 2 is 2.06 bits per heavy atom. The van der Waals surface area contributed by atoms with Gasteiger partial charge in [0.15, 0.2) is 0 Å². The normalized spacial score (nSPS) is 14.3. The highest BCUT2D eigenvalue weighted by atomic mass is 32.2. The number of thioether (sulfide) groups is 1. The van der Waals surface area contributed by atoms with E-state index in [0.29, 0.717) is 0 Å². The van der Waals surface area contributed by atoms with E-state index < -0.39 is 0 Å². The van der Waals surface area contributed by atoms with Crippen LogP contribution in [0.25, 0.3) is 0 Å². The standard InChI is InChI=1S/C16H21NS/c1-16(2,12-17)9-4-10-18-15-8-7-13-5-3-6-14(13)11-15/h7-8,11H,3-6,9-10H2,1-2H3. The monoisotopic (exact) mass is 259 g/mol. The Morgan fingerprint density at radius 3 is 2.83 bits per heavy atom. The van der Waals surface area contributed by atoms with Gasteiger partial charge in [0.25, 0.3) is 0 Å². The lowest BCUT2D eigenvalue weighted by Crippen LogP contribution is -2.07. The van der Waals surface area contributed by atoms with Gasteiger partial charge in [0.05, 0.1) is 11.5 Å². The van der Waals surface area contributed by atoms with E-state index in [1.165, 1.54) is 24.2 Å². The molecule has 0 heterocycles. The molecule has 0 aliphatic heterocycles. The number of nitrogens with zero attached hydrogens (tertiary/aromatic N) is 1. The fourth-order valence-corrected chi connectivity index (χ4v) is 3.31. The molecule has 1 aliphatic rings. The van der Waals surface area contributed by atoms with Gasteiger partial charge in [-0.25, -0.2) is 0 Å². The summed E-state index contributed by atoms with van der Waals surface area (Å²) < 4.78 is 0. The van der Waals surface area contributed by atoms with Crippen molar-refractivity contribution in [2.45, 2.75) is 50.8 Å². The smallest absolute Gasteiger partial charge is 0.0683 e. The molecule has 0 saturated carbocycles. The van der Waals surface area contributed by atoms with Crippen LogP contribution in [0, 0.1) is 16.7 Å². The van der Waals surface area contributed by atoms with Crippen LogP contribution in [-0.4, -0.2) is 5.75 Å². The summed E-state index contributed by atoms with van der Waals surface area (Å²) in [6.45, 7) is 4.04. The Kier molecular flexibility index (Phi) is 4.35. The van der Waals surface area contributed by atoms with Gasteiger partial charge < -0.3 is 0 Å². The minimum Gasteiger partial charge on any atom is -0.198 e. The van der Waals surface area contributed by atoms with Crippen molar-refractivity contribution in [3.8, 4) is 6.07 Å². The van der Waals surface area contributed by atoms with Crippen LogP contribution >= 0.6 is 11.8 Å². The number of nitriles is 1. The van der Waals surface area contributed by atoms with Gasteiger partial charge in [-0.2, -0.15) is 5.26 Å². The number of rotatable bonds is 5. The SMILES string of the molecule is CC(C)(C#N)CCCSc1ccc2c(c1)CCC2. The van der Waals surface area contributed by atoms with Crippen molar-refractivity contribution in [2.75, 3.05) is 5.75 Å². The first-order valence-corrected chi connectivity index (χ1v) is 7.75. The van der Waals surface area contributed by atoms with Crippen molar-refractivity contribution in [3.05, 3.63) is 29.3 Å². The zero-order chi connectivity index (χ0) is 13.0. The maximum Gasteiger partial charge on any atom is 0.0683 e. The molecular formula is C16H21NS. The van der Waals surface area contributed by atoms with Gasteiger partial charge in [0.1, 0.15) is 0 Å². The zero-order valence-electron chi connectivity index (χ0n) is 11.3. The molecule has 0 amide bonds. The van der Waals surface area contributed by atoms with Crippen LogP contribution in [0.15, 0.2) is 23.1 Å². The molecule has 0 atom stereocenters. The molecule has 1 nitrogen and oxygen atoms in total. The lowest BCUT2D eigenvalue weighted by Gasteiger charge is -2.14. The summed E-state index contributed by atoms with van der Waals surface area (Å²) in [5.74, 6) is 1.11. The molecule has 18 heavy (non-hydrogen) atoms. The number of hydrogen-bond donors (Lipinski definition) is 0. The maximum absolute atomic E-state index is 8.96. The molecule has 0 aromatic heterocycles. The van der Waals surface area contributed by atoms with Gasteiger partial charge in [-0.1, -0.05) is 6.07 Å². The highest BCUT2D eigenvalue weighted by Gasteiger charge is 2.15. The molecule has 2 heteroatoms. The Hall–Kier alpha value is -0.940. The summed E-state index contributed by atoms with van der Waals surface area (Å²) in [5.41, 5.74) is 2.93. The summed E-state index contributed by atoms with van der Waals surface area (Å²) in [6.07, 6.45) is 5.94. The molecule has 2 rings (SSSR count). The van der Waals surface area contributed by atoms with Crippen molar-refractivity contribution in [2.24, 2.45) is 5.41 Å². The summed E-state index contributed by atoms with van der Waals surface area (Å²) >= 11 is 1.93. The first kappa shape index (κ1) is 13.5. The Balaban J connectivity index is 1.79. The highest BCUT2D eigenvalue weighted by molar-refractivity contribution is 7.99. The van der Waals surface area contributed by atoms with Gasteiger partial charge in [-0.05, 0) is 75.0 Å². The van der Waals surface area contributed by atoms with Gasteiger partial charge in [0.2, 0.25) is 0 Å². The third-order valence-electron chi connectivity index (χ3n) is 3.59. The minimum atomic E-state index is -0.168. The van der Waals surface area contributed by atoms with Crippen LogP contribution in [0.4, 0.5) is 0 Å². The zero-order valence-corrected chi connectivity index (χ0v) is 12.1. The quantitative estimate of drug-likeness (QED) is 0.570.